The molecule has 0 bridgehead atoms. The van der Waals surface area contributed by atoms with Crippen LogP contribution in [0, 0.1) is 0 Å². The van der Waals surface area contributed by atoms with Crippen molar-refractivity contribution >= 4 is 27.9 Å². The average Bonchev–Trinajstić information content (AvgIpc) is 2.61. The van der Waals surface area contributed by atoms with Crippen molar-refractivity contribution in [2.45, 2.75) is 19.5 Å². The molecule has 0 heterocycles. The normalized spacial score (nSPS) is 10.5. The molecule has 0 saturated carbocycles. The molecule has 2 N–H and O–H groups in total. The molecule has 6 heteroatoms. The Labute approximate surface area is 156 Å². The molecule has 0 fully saturated rings. The van der Waals surface area contributed by atoms with Gasteiger partial charge in [-0.05, 0) is 30.3 Å². The maximum absolute atomic E-state index is 11.9. The number of hydrogen-bond donors (Lipinski definition) is 2. The summed E-state index contributed by atoms with van der Waals surface area (Å²) < 4.78 is 1.04. The van der Waals surface area contributed by atoms with Gasteiger partial charge in [0.25, 0.3) is 0 Å². The molecule has 0 saturated heterocycles. The lowest BCUT2D eigenvalue weighted by atomic mass is 10.2. The first kappa shape index (κ1) is 19.1. The number of benzene rings is 2. The number of carbonyl (C=O) groups excluding carboxylic acids is 2. The Hall–Kier alpha value is -2.18. The van der Waals surface area contributed by atoms with E-state index in [-0.39, 0.29) is 12.3 Å². The third-order valence-electron chi connectivity index (χ3n) is 3.64. The Morgan fingerprint density at radius 1 is 1.00 bits per heavy atom. The van der Waals surface area contributed by atoms with Crippen molar-refractivity contribution < 1.29 is 9.59 Å². The zero-order valence-corrected chi connectivity index (χ0v) is 15.8. The van der Waals surface area contributed by atoms with Crippen LogP contribution in [0.4, 0.5) is 4.79 Å². The molecule has 3 amide bonds. The van der Waals surface area contributed by atoms with Crippen LogP contribution in [0.1, 0.15) is 17.5 Å². The van der Waals surface area contributed by atoms with Crippen LogP contribution in [0.15, 0.2) is 59.1 Å². The zero-order valence-electron chi connectivity index (χ0n) is 14.2. The highest BCUT2D eigenvalue weighted by Gasteiger charge is 2.09. The Kier molecular flexibility index (Phi) is 7.63. The fourth-order valence-corrected chi connectivity index (χ4v) is 2.55. The average molecular weight is 404 g/mol. The highest BCUT2D eigenvalue weighted by molar-refractivity contribution is 9.10. The lowest BCUT2D eigenvalue weighted by Crippen LogP contribution is -2.40. The lowest BCUT2D eigenvalue weighted by Gasteiger charge is -2.16. The minimum Gasteiger partial charge on any atom is -0.334 e. The Bertz CT molecular complexity index is 690. The molecule has 0 radical (unpaired) electrons. The number of nitrogens with zero attached hydrogens (tertiary/aromatic N) is 1. The van der Waals surface area contributed by atoms with Crippen molar-refractivity contribution in [3.8, 4) is 0 Å². The van der Waals surface area contributed by atoms with Crippen LogP contribution in [0.25, 0.3) is 0 Å². The molecule has 0 aliphatic rings. The van der Waals surface area contributed by atoms with E-state index in [1.807, 2.05) is 66.5 Å². The summed E-state index contributed by atoms with van der Waals surface area (Å²) in [4.78, 5) is 25.6. The smallest absolute Gasteiger partial charge is 0.321 e. The fraction of sp³-hybridized carbons (Fsp3) is 0.263. The van der Waals surface area contributed by atoms with Gasteiger partial charge in [0.15, 0.2) is 0 Å². The number of rotatable bonds is 7. The molecule has 0 atom stereocenters. The molecule has 2 rings (SSSR count). The number of imide groups is 1. The van der Waals surface area contributed by atoms with Crippen LogP contribution >= 0.6 is 15.9 Å². The van der Waals surface area contributed by atoms with E-state index in [2.05, 4.69) is 26.6 Å². The predicted molar refractivity (Wildman–Crippen MR) is 102 cm³/mol. The van der Waals surface area contributed by atoms with E-state index >= 15 is 0 Å². The van der Waals surface area contributed by atoms with Crippen LogP contribution < -0.4 is 10.6 Å². The summed E-state index contributed by atoms with van der Waals surface area (Å²) in [7, 11) is 1.95. The van der Waals surface area contributed by atoms with Gasteiger partial charge in [0, 0.05) is 30.5 Å². The van der Waals surface area contributed by atoms with Crippen molar-refractivity contribution in [3.63, 3.8) is 0 Å². The van der Waals surface area contributed by atoms with E-state index in [4.69, 9.17) is 0 Å². The van der Waals surface area contributed by atoms with Crippen molar-refractivity contribution in [1.29, 1.82) is 0 Å². The molecule has 2 aromatic carbocycles. The Balaban J connectivity index is 1.65. The van der Waals surface area contributed by atoms with Crippen molar-refractivity contribution in [1.82, 2.24) is 15.5 Å². The highest BCUT2D eigenvalue weighted by atomic mass is 79.9. The van der Waals surface area contributed by atoms with Crippen LogP contribution in [0.3, 0.4) is 0 Å². The van der Waals surface area contributed by atoms with E-state index in [1.54, 1.807) is 0 Å². The minimum absolute atomic E-state index is 0.270. The summed E-state index contributed by atoms with van der Waals surface area (Å²) in [6, 6.07) is 17.2. The number of halogens is 1. The van der Waals surface area contributed by atoms with Crippen molar-refractivity contribution in [3.05, 3.63) is 70.2 Å². The quantitative estimate of drug-likeness (QED) is 0.745. The molecule has 0 aliphatic carbocycles. The molecule has 25 heavy (non-hydrogen) atoms. The molecule has 0 aliphatic heterocycles. The van der Waals surface area contributed by atoms with Gasteiger partial charge >= 0.3 is 6.03 Å². The molecule has 0 aromatic heterocycles. The second-order valence-electron chi connectivity index (χ2n) is 5.83. The van der Waals surface area contributed by atoms with Gasteiger partial charge < -0.3 is 10.2 Å². The summed E-state index contributed by atoms with van der Waals surface area (Å²) in [6.45, 7) is 1.72. The fourth-order valence-electron chi connectivity index (χ4n) is 2.28. The van der Waals surface area contributed by atoms with Crippen molar-refractivity contribution in [2.24, 2.45) is 0 Å². The zero-order chi connectivity index (χ0) is 18.1. The van der Waals surface area contributed by atoms with Crippen LogP contribution in [0.2, 0.25) is 0 Å². The van der Waals surface area contributed by atoms with E-state index in [9.17, 15) is 9.59 Å². The molecule has 0 unspecified atom stereocenters. The minimum atomic E-state index is -0.468. The largest absolute Gasteiger partial charge is 0.334 e. The number of hydrogen-bond acceptors (Lipinski definition) is 3. The van der Waals surface area contributed by atoms with Crippen molar-refractivity contribution in [2.75, 3.05) is 13.6 Å². The first-order chi connectivity index (χ1) is 12.0. The Morgan fingerprint density at radius 3 is 2.36 bits per heavy atom. The maximum Gasteiger partial charge on any atom is 0.321 e. The summed E-state index contributed by atoms with van der Waals surface area (Å²) in [5.74, 6) is -0.284. The molecular formula is C19H22BrN3O2. The number of carbonyl (C=O) groups is 2. The standard InChI is InChI=1S/C19H22BrN3O2/c1-23(14-16-7-9-17(20)10-8-16)12-11-18(24)22-19(25)21-13-15-5-3-2-4-6-15/h2-10H,11-14H2,1H3,(H2,21,22,24,25). The van der Waals surface area contributed by atoms with E-state index in [1.165, 1.54) is 5.56 Å². The molecular weight excluding hydrogens is 382 g/mol. The predicted octanol–water partition coefficient (Wildman–Crippen LogP) is 3.30. The van der Waals surface area contributed by atoms with Gasteiger partial charge in [-0.25, -0.2) is 4.79 Å². The van der Waals surface area contributed by atoms with Gasteiger partial charge in [0.1, 0.15) is 0 Å². The first-order valence-corrected chi connectivity index (χ1v) is 8.87. The first-order valence-electron chi connectivity index (χ1n) is 8.07. The summed E-state index contributed by atoms with van der Waals surface area (Å²) in [6.07, 6.45) is 0.270. The molecule has 5 nitrogen and oxygen atoms in total. The van der Waals surface area contributed by atoms with E-state index in [0.29, 0.717) is 13.1 Å². The topological polar surface area (TPSA) is 61.4 Å². The van der Waals surface area contributed by atoms with Gasteiger partial charge in [0.05, 0.1) is 0 Å². The third kappa shape index (κ3) is 7.49. The van der Waals surface area contributed by atoms with E-state index < -0.39 is 6.03 Å². The molecule has 132 valence electrons. The number of amides is 3. The SMILES string of the molecule is CN(CCC(=O)NC(=O)NCc1ccccc1)Cc1ccc(Br)cc1. The number of nitrogens with one attached hydrogen (secondary N) is 2. The summed E-state index contributed by atoms with van der Waals surface area (Å²) >= 11 is 3.41. The van der Waals surface area contributed by atoms with Gasteiger partial charge in [0.2, 0.25) is 5.91 Å². The maximum atomic E-state index is 11.9. The highest BCUT2D eigenvalue weighted by Crippen LogP contribution is 2.11. The van der Waals surface area contributed by atoms with Crippen LogP contribution in [-0.2, 0) is 17.9 Å². The second kappa shape index (κ2) is 9.96. The third-order valence-corrected chi connectivity index (χ3v) is 4.16. The summed E-state index contributed by atoms with van der Waals surface area (Å²) in [5, 5.41) is 5.03. The second-order valence-corrected chi connectivity index (χ2v) is 6.75. The van der Waals surface area contributed by atoms with Crippen LogP contribution in [0.5, 0.6) is 0 Å². The lowest BCUT2D eigenvalue weighted by molar-refractivity contribution is -0.120. The Morgan fingerprint density at radius 2 is 1.68 bits per heavy atom. The van der Waals surface area contributed by atoms with Gasteiger partial charge in [-0.3, -0.25) is 10.1 Å². The van der Waals surface area contributed by atoms with E-state index in [0.717, 1.165) is 16.6 Å². The van der Waals surface area contributed by atoms with Gasteiger partial charge in [-0.15, -0.1) is 0 Å². The van der Waals surface area contributed by atoms with Crippen LogP contribution in [-0.4, -0.2) is 30.4 Å². The van der Waals surface area contributed by atoms with Gasteiger partial charge in [-0.1, -0.05) is 58.4 Å². The summed E-state index contributed by atoms with van der Waals surface area (Å²) in [5.41, 5.74) is 2.16. The van der Waals surface area contributed by atoms with Gasteiger partial charge in [-0.2, -0.15) is 0 Å². The molecule has 2 aromatic rings. The molecule has 0 spiro atoms. The number of urea groups is 1. The monoisotopic (exact) mass is 403 g/mol.